The van der Waals surface area contributed by atoms with E-state index >= 15 is 0 Å². The van der Waals surface area contributed by atoms with Gasteiger partial charge in [-0.05, 0) is 44.2 Å². The Bertz CT molecular complexity index is 636. The van der Waals surface area contributed by atoms with Gasteiger partial charge in [-0.25, -0.2) is 0 Å². The summed E-state index contributed by atoms with van der Waals surface area (Å²) in [6.45, 7) is 10.8. The molecule has 3 rings (SSSR count). The van der Waals surface area contributed by atoms with Crippen LogP contribution in [0.5, 0.6) is 0 Å². The van der Waals surface area contributed by atoms with Gasteiger partial charge in [-0.2, -0.15) is 0 Å². The average molecular weight is 300 g/mol. The van der Waals surface area contributed by atoms with Crippen molar-refractivity contribution in [1.29, 1.82) is 0 Å². The zero-order valence-corrected chi connectivity index (χ0v) is 14.0. The van der Waals surface area contributed by atoms with E-state index in [1.54, 1.807) is 0 Å². The molecule has 2 heterocycles. The van der Waals surface area contributed by atoms with E-state index in [2.05, 4.69) is 59.7 Å². The molecule has 1 fully saturated rings. The lowest BCUT2D eigenvalue weighted by molar-refractivity contribution is 0.148. The van der Waals surface area contributed by atoms with Crippen molar-refractivity contribution in [3.8, 4) is 0 Å². The third-order valence-electron chi connectivity index (χ3n) is 4.76. The van der Waals surface area contributed by atoms with E-state index in [1.165, 1.54) is 22.0 Å². The summed E-state index contributed by atoms with van der Waals surface area (Å²) in [6.07, 6.45) is 2.34. The number of benzene rings is 1. The number of piperazine rings is 1. The highest BCUT2D eigenvalue weighted by Crippen LogP contribution is 2.27. The molecule has 0 amide bonds. The molecule has 1 saturated heterocycles. The molecule has 2 N–H and O–H groups in total. The Morgan fingerprint density at radius 1 is 1.14 bits per heavy atom. The van der Waals surface area contributed by atoms with Crippen molar-refractivity contribution in [2.45, 2.75) is 33.0 Å². The molecular weight excluding hydrogens is 272 g/mol. The summed E-state index contributed by atoms with van der Waals surface area (Å²) in [5.41, 5.74) is 9.81. The summed E-state index contributed by atoms with van der Waals surface area (Å²) in [6, 6.07) is 7.14. The highest BCUT2D eigenvalue weighted by Gasteiger charge is 2.17. The Morgan fingerprint density at radius 3 is 2.50 bits per heavy atom. The van der Waals surface area contributed by atoms with Gasteiger partial charge in [-0.1, -0.05) is 6.07 Å². The van der Waals surface area contributed by atoms with Gasteiger partial charge in [-0.15, -0.1) is 0 Å². The number of rotatable bonds is 4. The third kappa shape index (κ3) is 3.05. The molecule has 0 unspecified atom stereocenters. The molecule has 4 nitrogen and oxygen atoms in total. The van der Waals surface area contributed by atoms with Crippen LogP contribution in [0.2, 0.25) is 0 Å². The van der Waals surface area contributed by atoms with Crippen LogP contribution in [0.4, 0.5) is 0 Å². The summed E-state index contributed by atoms with van der Waals surface area (Å²) in [4.78, 5) is 4.97. The normalized spacial score (nSPS) is 17.7. The lowest BCUT2D eigenvalue weighted by Gasteiger charge is -2.32. The van der Waals surface area contributed by atoms with E-state index in [0.29, 0.717) is 12.6 Å². The average Bonchev–Trinajstić information content (AvgIpc) is 2.87. The standard InChI is InChI=1S/C18H28N4/c1-14(2)22-13-16(12-21-8-6-20(3)7-9-21)17-10-15(11-19)4-5-18(17)22/h4-5,10,13-14H,6-9,11-12,19H2,1-3H3. The fraction of sp³-hybridized carbons (Fsp3) is 0.556. The molecule has 0 aliphatic carbocycles. The van der Waals surface area contributed by atoms with Crippen LogP contribution < -0.4 is 5.73 Å². The first-order chi connectivity index (χ1) is 10.6. The lowest BCUT2D eigenvalue weighted by Crippen LogP contribution is -2.43. The molecule has 0 bridgehead atoms. The van der Waals surface area contributed by atoms with Gasteiger partial charge >= 0.3 is 0 Å². The van der Waals surface area contributed by atoms with Gasteiger partial charge in [0.1, 0.15) is 0 Å². The van der Waals surface area contributed by atoms with Crippen LogP contribution in [0, 0.1) is 0 Å². The van der Waals surface area contributed by atoms with Crippen molar-refractivity contribution < 1.29 is 0 Å². The predicted octanol–water partition coefficient (Wildman–Crippen LogP) is 2.43. The molecule has 0 spiro atoms. The van der Waals surface area contributed by atoms with Gasteiger partial charge in [0.15, 0.2) is 0 Å². The van der Waals surface area contributed by atoms with E-state index in [4.69, 9.17) is 5.73 Å². The zero-order chi connectivity index (χ0) is 15.7. The largest absolute Gasteiger partial charge is 0.345 e. The van der Waals surface area contributed by atoms with Crippen molar-refractivity contribution in [3.63, 3.8) is 0 Å². The molecule has 22 heavy (non-hydrogen) atoms. The van der Waals surface area contributed by atoms with Crippen LogP contribution in [0.1, 0.15) is 31.0 Å². The van der Waals surface area contributed by atoms with Crippen molar-refractivity contribution >= 4 is 10.9 Å². The van der Waals surface area contributed by atoms with Gasteiger partial charge in [-0.3, -0.25) is 4.90 Å². The van der Waals surface area contributed by atoms with Crippen LogP contribution in [0.15, 0.2) is 24.4 Å². The molecular formula is C18H28N4. The Balaban J connectivity index is 1.93. The van der Waals surface area contributed by atoms with Crippen LogP contribution in [0.3, 0.4) is 0 Å². The van der Waals surface area contributed by atoms with Crippen LogP contribution >= 0.6 is 0 Å². The minimum absolute atomic E-state index is 0.479. The highest BCUT2D eigenvalue weighted by atomic mass is 15.2. The zero-order valence-electron chi connectivity index (χ0n) is 14.0. The van der Waals surface area contributed by atoms with Crippen molar-refractivity contribution in [1.82, 2.24) is 14.4 Å². The Hall–Kier alpha value is -1.36. The molecule has 0 atom stereocenters. The summed E-state index contributed by atoms with van der Waals surface area (Å²) in [5, 5.41) is 1.37. The van der Waals surface area contributed by atoms with Crippen LogP contribution in [-0.4, -0.2) is 47.6 Å². The molecule has 120 valence electrons. The predicted molar refractivity (Wildman–Crippen MR) is 93.0 cm³/mol. The minimum Gasteiger partial charge on any atom is -0.345 e. The molecule has 1 aromatic heterocycles. The molecule has 1 aromatic carbocycles. The van der Waals surface area contributed by atoms with Crippen LogP contribution in [-0.2, 0) is 13.1 Å². The van der Waals surface area contributed by atoms with Gasteiger partial charge in [0, 0.05) is 62.4 Å². The monoisotopic (exact) mass is 300 g/mol. The SMILES string of the molecule is CC(C)n1cc(CN2CCN(C)CC2)c2cc(CN)ccc21. The topological polar surface area (TPSA) is 37.4 Å². The number of fused-ring (bicyclic) bond motifs is 1. The summed E-state index contributed by atoms with van der Waals surface area (Å²) in [7, 11) is 2.20. The maximum atomic E-state index is 5.83. The lowest BCUT2D eigenvalue weighted by atomic mass is 10.1. The molecule has 0 saturated carbocycles. The summed E-state index contributed by atoms with van der Waals surface area (Å²) < 4.78 is 2.39. The third-order valence-corrected chi connectivity index (χ3v) is 4.76. The minimum atomic E-state index is 0.479. The van der Waals surface area contributed by atoms with E-state index in [9.17, 15) is 0 Å². The van der Waals surface area contributed by atoms with Crippen molar-refractivity contribution in [2.24, 2.45) is 5.73 Å². The number of aromatic nitrogens is 1. The Labute approximate surface area is 133 Å². The second-order valence-corrected chi connectivity index (χ2v) is 6.79. The number of likely N-dealkylation sites (N-methyl/N-ethyl adjacent to an activating group) is 1. The first-order valence-corrected chi connectivity index (χ1v) is 8.32. The molecule has 4 heteroatoms. The van der Waals surface area contributed by atoms with E-state index in [1.807, 2.05) is 0 Å². The van der Waals surface area contributed by atoms with Crippen molar-refractivity contribution in [3.05, 3.63) is 35.5 Å². The molecule has 0 radical (unpaired) electrons. The van der Waals surface area contributed by atoms with Crippen molar-refractivity contribution in [2.75, 3.05) is 33.2 Å². The number of hydrogen-bond donors (Lipinski definition) is 1. The Morgan fingerprint density at radius 2 is 1.86 bits per heavy atom. The summed E-state index contributed by atoms with van der Waals surface area (Å²) in [5.74, 6) is 0. The quantitative estimate of drug-likeness (QED) is 0.942. The van der Waals surface area contributed by atoms with Gasteiger partial charge in [0.25, 0.3) is 0 Å². The second kappa shape index (κ2) is 6.41. The number of nitrogens with zero attached hydrogens (tertiary/aromatic N) is 3. The van der Waals surface area contributed by atoms with Crippen LogP contribution in [0.25, 0.3) is 10.9 Å². The molecule has 1 aliphatic heterocycles. The molecule has 2 aromatic rings. The summed E-state index contributed by atoms with van der Waals surface area (Å²) >= 11 is 0. The second-order valence-electron chi connectivity index (χ2n) is 6.79. The maximum absolute atomic E-state index is 5.83. The van der Waals surface area contributed by atoms with E-state index in [0.717, 1.165) is 32.7 Å². The van der Waals surface area contributed by atoms with Gasteiger partial charge in [0.05, 0.1) is 0 Å². The first-order valence-electron chi connectivity index (χ1n) is 8.32. The number of hydrogen-bond acceptors (Lipinski definition) is 3. The van der Waals surface area contributed by atoms with Gasteiger partial charge in [0.2, 0.25) is 0 Å². The fourth-order valence-corrected chi connectivity index (χ4v) is 3.30. The Kier molecular flexibility index (Phi) is 4.52. The maximum Gasteiger partial charge on any atom is 0.0486 e. The first kappa shape index (κ1) is 15.5. The number of nitrogens with two attached hydrogens (primary N) is 1. The van der Waals surface area contributed by atoms with E-state index in [-0.39, 0.29) is 0 Å². The smallest absolute Gasteiger partial charge is 0.0486 e. The highest BCUT2D eigenvalue weighted by molar-refractivity contribution is 5.85. The fourth-order valence-electron chi connectivity index (χ4n) is 3.30. The van der Waals surface area contributed by atoms with Gasteiger partial charge < -0.3 is 15.2 Å². The molecule has 1 aliphatic rings. The van der Waals surface area contributed by atoms with E-state index < -0.39 is 0 Å².